The minimum atomic E-state index is -3.66. The number of unbranched alkanes of at least 4 members (excludes halogenated alkanes) is 1. The number of benzene rings is 2. The van der Waals surface area contributed by atoms with Gasteiger partial charge in [-0.3, -0.25) is 9.88 Å². The maximum Gasteiger partial charge on any atom is 0.243 e. The van der Waals surface area contributed by atoms with Crippen molar-refractivity contribution in [2.75, 3.05) is 67.1 Å². The van der Waals surface area contributed by atoms with E-state index in [0.29, 0.717) is 34.1 Å². The zero-order valence-electron chi connectivity index (χ0n) is 23.7. The van der Waals surface area contributed by atoms with E-state index < -0.39 is 10.0 Å². The van der Waals surface area contributed by atoms with E-state index in [9.17, 15) is 8.42 Å². The number of fused-ring (bicyclic) bond motifs is 1. The number of rotatable bonds is 14. The summed E-state index contributed by atoms with van der Waals surface area (Å²) in [7, 11) is 1.23. The minimum absolute atomic E-state index is 0.280. The molecule has 1 aliphatic rings. The summed E-state index contributed by atoms with van der Waals surface area (Å²) in [6.45, 7) is 10.1. The second-order valence-electron chi connectivity index (χ2n) is 9.82. The van der Waals surface area contributed by atoms with Crippen molar-refractivity contribution >= 4 is 20.8 Å². The molecular formula is C30H40N4O5S. The SMILES string of the molecule is C=CCN(CCCCN1CCN(Cc2ccc(OC)c(OC)c2OC)CC1)S(=O)(=O)c1cccc2cnccc12. The quantitative estimate of drug-likeness (QED) is 0.213. The smallest absolute Gasteiger partial charge is 0.243 e. The van der Waals surface area contributed by atoms with Gasteiger partial charge in [-0.1, -0.05) is 24.3 Å². The molecule has 2 heterocycles. The summed E-state index contributed by atoms with van der Waals surface area (Å²) < 4.78 is 45.2. The van der Waals surface area contributed by atoms with Gasteiger partial charge in [-0.2, -0.15) is 4.31 Å². The molecule has 0 amide bonds. The van der Waals surface area contributed by atoms with Crippen LogP contribution in [0.2, 0.25) is 0 Å². The molecule has 4 rings (SSSR count). The first-order chi connectivity index (χ1) is 19.4. The summed E-state index contributed by atoms with van der Waals surface area (Å²) >= 11 is 0. The summed E-state index contributed by atoms with van der Waals surface area (Å²) in [4.78, 5) is 9.30. The monoisotopic (exact) mass is 568 g/mol. The molecule has 0 bridgehead atoms. The first-order valence-corrected chi connectivity index (χ1v) is 15.0. The molecule has 40 heavy (non-hydrogen) atoms. The highest BCUT2D eigenvalue weighted by Gasteiger charge is 2.26. The fourth-order valence-electron chi connectivity index (χ4n) is 5.23. The number of aromatic nitrogens is 1. The van der Waals surface area contributed by atoms with Crippen LogP contribution in [0.1, 0.15) is 18.4 Å². The van der Waals surface area contributed by atoms with Crippen LogP contribution in [0.4, 0.5) is 0 Å². The predicted octanol–water partition coefficient (Wildman–Crippen LogP) is 4.04. The first-order valence-electron chi connectivity index (χ1n) is 13.6. The van der Waals surface area contributed by atoms with Gasteiger partial charge in [0.05, 0.1) is 26.2 Å². The van der Waals surface area contributed by atoms with Crippen LogP contribution in [0.5, 0.6) is 17.2 Å². The Hall–Kier alpha value is -3.18. The van der Waals surface area contributed by atoms with Gasteiger partial charge in [0.1, 0.15) is 0 Å². The van der Waals surface area contributed by atoms with Crippen LogP contribution < -0.4 is 14.2 Å². The van der Waals surface area contributed by atoms with Gasteiger partial charge < -0.3 is 19.1 Å². The molecule has 1 aromatic heterocycles. The van der Waals surface area contributed by atoms with E-state index in [0.717, 1.165) is 63.1 Å². The molecule has 10 heteroatoms. The normalized spacial score (nSPS) is 14.9. The van der Waals surface area contributed by atoms with Crippen LogP contribution >= 0.6 is 0 Å². The van der Waals surface area contributed by atoms with Crippen molar-refractivity contribution in [3.8, 4) is 17.2 Å². The van der Waals surface area contributed by atoms with Gasteiger partial charge in [-0.05, 0) is 37.6 Å². The van der Waals surface area contributed by atoms with Crippen LogP contribution in [0, 0.1) is 0 Å². The van der Waals surface area contributed by atoms with Crippen LogP contribution in [-0.2, 0) is 16.6 Å². The maximum absolute atomic E-state index is 13.6. The van der Waals surface area contributed by atoms with Crippen LogP contribution in [0.3, 0.4) is 0 Å². The number of hydrogen-bond donors (Lipinski definition) is 0. The Kier molecular flexibility index (Phi) is 10.4. The lowest BCUT2D eigenvalue weighted by atomic mass is 10.1. The van der Waals surface area contributed by atoms with Crippen molar-refractivity contribution in [3.63, 3.8) is 0 Å². The van der Waals surface area contributed by atoms with Crippen molar-refractivity contribution in [2.45, 2.75) is 24.3 Å². The van der Waals surface area contributed by atoms with E-state index in [-0.39, 0.29) is 6.54 Å². The number of nitrogens with zero attached hydrogens (tertiary/aromatic N) is 4. The Labute approximate surface area is 238 Å². The van der Waals surface area contributed by atoms with E-state index >= 15 is 0 Å². The highest BCUT2D eigenvalue weighted by atomic mass is 32.2. The number of hydrogen-bond acceptors (Lipinski definition) is 8. The van der Waals surface area contributed by atoms with Crippen LogP contribution in [-0.4, -0.2) is 94.6 Å². The van der Waals surface area contributed by atoms with Gasteiger partial charge in [0.15, 0.2) is 11.5 Å². The van der Waals surface area contributed by atoms with E-state index in [1.165, 1.54) is 4.31 Å². The van der Waals surface area contributed by atoms with E-state index in [4.69, 9.17) is 14.2 Å². The zero-order valence-corrected chi connectivity index (χ0v) is 24.5. The average Bonchev–Trinajstić information content (AvgIpc) is 2.98. The summed E-state index contributed by atoms with van der Waals surface area (Å²) in [5.74, 6) is 1.98. The molecule has 216 valence electrons. The molecule has 0 N–H and O–H groups in total. The van der Waals surface area contributed by atoms with E-state index in [1.54, 1.807) is 58.0 Å². The third-order valence-corrected chi connectivity index (χ3v) is 9.29. The molecule has 1 fully saturated rings. The first kappa shape index (κ1) is 29.8. The number of ether oxygens (including phenoxy) is 3. The summed E-state index contributed by atoms with van der Waals surface area (Å²) in [6.07, 6.45) is 6.67. The van der Waals surface area contributed by atoms with Crippen molar-refractivity contribution in [1.29, 1.82) is 0 Å². The second kappa shape index (κ2) is 13.9. The Bertz CT molecular complexity index is 1380. The molecule has 0 atom stereocenters. The molecule has 0 saturated carbocycles. The van der Waals surface area contributed by atoms with Crippen molar-refractivity contribution < 1.29 is 22.6 Å². The van der Waals surface area contributed by atoms with Crippen LogP contribution in [0.15, 0.2) is 66.3 Å². The molecule has 0 radical (unpaired) electrons. The number of methoxy groups -OCH3 is 3. The lowest BCUT2D eigenvalue weighted by Crippen LogP contribution is -2.46. The fraction of sp³-hybridized carbons (Fsp3) is 0.433. The molecule has 2 aromatic carbocycles. The molecule has 0 aliphatic carbocycles. The largest absolute Gasteiger partial charge is 0.493 e. The van der Waals surface area contributed by atoms with Gasteiger partial charge in [0.25, 0.3) is 0 Å². The highest BCUT2D eigenvalue weighted by molar-refractivity contribution is 7.89. The molecule has 1 aliphatic heterocycles. The molecule has 9 nitrogen and oxygen atoms in total. The fourth-order valence-corrected chi connectivity index (χ4v) is 6.90. The third-order valence-electron chi connectivity index (χ3n) is 7.37. The van der Waals surface area contributed by atoms with Gasteiger partial charge in [-0.15, -0.1) is 6.58 Å². The highest BCUT2D eigenvalue weighted by Crippen LogP contribution is 2.40. The standard InChI is InChI=1S/C30H40N4O5S/c1-5-15-34(40(35,36)28-10-8-9-24-22-31-14-13-26(24)28)17-7-6-16-32-18-20-33(21-19-32)23-25-11-12-27(37-2)30(39-4)29(25)38-3/h5,8-14,22H,1,6-7,15-21,23H2,2-4H3. The molecule has 0 unspecified atom stereocenters. The minimum Gasteiger partial charge on any atom is -0.493 e. The Morgan fingerprint density at radius 1 is 0.950 bits per heavy atom. The van der Waals surface area contributed by atoms with Crippen molar-refractivity contribution in [2.24, 2.45) is 0 Å². The Balaban J connectivity index is 1.28. The number of sulfonamides is 1. The number of piperazine rings is 1. The Morgan fingerprint density at radius 2 is 1.70 bits per heavy atom. The molecule has 3 aromatic rings. The zero-order chi connectivity index (χ0) is 28.5. The van der Waals surface area contributed by atoms with Crippen molar-refractivity contribution in [1.82, 2.24) is 19.1 Å². The van der Waals surface area contributed by atoms with Gasteiger partial charge in [0, 0.05) is 74.5 Å². The summed E-state index contributed by atoms with van der Waals surface area (Å²) in [5, 5.41) is 1.50. The lowest BCUT2D eigenvalue weighted by molar-refractivity contribution is 0.124. The average molecular weight is 569 g/mol. The Morgan fingerprint density at radius 3 is 2.40 bits per heavy atom. The summed E-state index contributed by atoms with van der Waals surface area (Å²) in [6, 6.07) is 11.0. The second-order valence-corrected chi connectivity index (χ2v) is 11.7. The maximum atomic E-state index is 13.6. The summed E-state index contributed by atoms with van der Waals surface area (Å²) in [5.41, 5.74) is 1.07. The molecule has 0 spiro atoms. The van der Waals surface area contributed by atoms with Gasteiger partial charge in [-0.25, -0.2) is 8.42 Å². The van der Waals surface area contributed by atoms with E-state index in [2.05, 4.69) is 21.4 Å². The third kappa shape index (κ3) is 6.75. The lowest BCUT2D eigenvalue weighted by Gasteiger charge is -2.35. The van der Waals surface area contributed by atoms with Crippen molar-refractivity contribution in [3.05, 3.63) is 67.0 Å². The van der Waals surface area contributed by atoms with Crippen LogP contribution in [0.25, 0.3) is 10.8 Å². The molecule has 1 saturated heterocycles. The number of pyridine rings is 1. The van der Waals surface area contributed by atoms with Gasteiger partial charge >= 0.3 is 0 Å². The predicted molar refractivity (Wildman–Crippen MR) is 158 cm³/mol. The van der Waals surface area contributed by atoms with Gasteiger partial charge in [0.2, 0.25) is 15.8 Å². The molecular weight excluding hydrogens is 528 g/mol. The van der Waals surface area contributed by atoms with E-state index in [1.807, 2.05) is 18.2 Å². The topological polar surface area (TPSA) is 84.4 Å².